The van der Waals surface area contributed by atoms with E-state index in [2.05, 4.69) is 9.88 Å². The molecule has 0 aliphatic heterocycles. The predicted molar refractivity (Wildman–Crippen MR) is 171 cm³/mol. The second-order valence-electron chi connectivity index (χ2n) is 10.3. The summed E-state index contributed by atoms with van der Waals surface area (Å²) in [6.45, 7) is 8.00. The number of amides is 1. The predicted octanol–water partition coefficient (Wildman–Crippen LogP) is 8.81. The SMILES string of the molecule is Cc1ccc(S(=O)(=O)NC(=O)c2ccc(-c3ccc(OCc4c(-c5c(Cl)cccc5Cl)noc4C(C)C)cc3C)s2)cc1. The van der Waals surface area contributed by atoms with E-state index in [9.17, 15) is 13.2 Å². The van der Waals surface area contributed by atoms with Crippen molar-refractivity contribution in [3.8, 4) is 27.4 Å². The lowest BCUT2D eigenvalue weighted by Gasteiger charge is -2.12. The smallest absolute Gasteiger partial charge is 0.275 e. The molecule has 2 heterocycles. The molecular formula is C32H28Cl2N2O5S2. The summed E-state index contributed by atoms with van der Waals surface area (Å²) in [5.41, 5.74) is 4.64. The third-order valence-corrected chi connectivity index (χ3v) is 9.87. The van der Waals surface area contributed by atoms with Gasteiger partial charge in [0.2, 0.25) is 0 Å². The molecule has 0 spiro atoms. The third kappa shape index (κ3) is 6.65. The Labute approximate surface area is 264 Å². The molecule has 11 heteroatoms. The van der Waals surface area contributed by atoms with Crippen LogP contribution in [-0.2, 0) is 16.6 Å². The van der Waals surface area contributed by atoms with Crippen molar-refractivity contribution in [3.05, 3.63) is 110 Å². The first-order valence-electron chi connectivity index (χ1n) is 13.3. The number of nitrogens with zero attached hydrogens (tertiary/aromatic N) is 1. The van der Waals surface area contributed by atoms with Gasteiger partial charge in [-0.1, -0.05) is 66.0 Å². The van der Waals surface area contributed by atoms with Gasteiger partial charge in [0, 0.05) is 16.4 Å². The first-order valence-corrected chi connectivity index (χ1v) is 16.4. The maximum atomic E-state index is 12.8. The summed E-state index contributed by atoms with van der Waals surface area (Å²) >= 11 is 14.1. The summed E-state index contributed by atoms with van der Waals surface area (Å²) in [6.07, 6.45) is 0. The van der Waals surface area contributed by atoms with Crippen LogP contribution in [0.1, 0.15) is 51.9 Å². The van der Waals surface area contributed by atoms with E-state index in [0.29, 0.717) is 32.8 Å². The Bertz CT molecular complexity index is 1890. The summed E-state index contributed by atoms with van der Waals surface area (Å²) in [5.74, 6) is 0.695. The van der Waals surface area contributed by atoms with E-state index in [1.807, 2.05) is 45.9 Å². The van der Waals surface area contributed by atoms with Gasteiger partial charge < -0.3 is 9.26 Å². The minimum atomic E-state index is -3.99. The second-order valence-corrected chi connectivity index (χ2v) is 13.9. The molecule has 0 bridgehead atoms. The van der Waals surface area contributed by atoms with Crippen LogP contribution in [0.3, 0.4) is 0 Å². The van der Waals surface area contributed by atoms with E-state index in [4.69, 9.17) is 32.5 Å². The van der Waals surface area contributed by atoms with Crippen molar-refractivity contribution in [1.29, 1.82) is 0 Å². The van der Waals surface area contributed by atoms with Crippen molar-refractivity contribution < 1.29 is 22.5 Å². The molecule has 5 rings (SSSR count). The Morgan fingerprint density at radius 3 is 2.35 bits per heavy atom. The highest BCUT2D eigenvalue weighted by molar-refractivity contribution is 7.90. The van der Waals surface area contributed by atoms with Crippen molar-refractivity contribution in [3.63, 3.8) is 0 Å². The third-order valence-electron chi connectivity index (χ3n) is 6.78. The number of carbonyl (C=O) groups excluding carboxylic acids is 1. The van der Waals surface area contributed by atoms with E-state index >= 15 is 0 Å². The van der Waals surface area contributed by atoms with Crippen LogP contribution in [0.2, 0.25) is 10.0 Å². The van der Waals surface area contributed by atoms with E-state index in [-0.39, 0.29) is 22.3 Å². The summed E-state index contributed by atoms with van der Waals surface area (Å²) in [7, 11) is -3.99. The molecule has 43 heavy (non-hydrogen) atoms. The number of benzene rings is 3. The summed E-state index contributed by atoms with van der Waals surface area (Å²) < 4.78 is 39.4. The molecule has 0 aliphatic carbocycles. The van der Waals surface area contributed by atoms with Crippen LogP contribution in [0.25, 0.3) is 21.7 Å². The molecule has 1 amide bonds. The van der Waals surface area contributed by atoms with Gasteiger partial charge in [0.05, 0.1) is 25.4 Å². The number of ether oxygens (including phenoxy) is 1. The molecule has 222 valence electrons. The van der Waals surface area contributed by atoms with Crippen LogP contribution in [0.15, 0.2) is 82.2 Å². The Balaban J connectivity index is 1.33. The number of aromatic nitrogens is 1. The van der Waals surface area contributed by atoms with Gasteiger partial charge in [-0.3, -0.25) is 4.79 Å². The number of aryl methyl sites for hydroxylation is 2. The standard InChI is InChI=1S/C32H28Cl2N2O5S2/c1-18(2)31-24(30(35-41-31)29-25(33)6-5-7-26(29)34)17-40-21-10-13-23(20(4)16-21)27-14-15-28(42-27)32(37)36-43(38,39)22-11-8-19(3)9-12-22/h5-16,18H,17H2,1-4H3,(H,36,37). The van der Waals surface area contributed by atoms with E-state index in [1.54, 1.807) is 42.5 Å². The molecule has 3 aromatic carbocycles. The van der Waals surface area contributed by atoms with E-state index in [0.717, 1.165) is 27.1 Å². The molecule has 0 atom stereocenters. The molecule has 0 saturated heterocycles. The fraction of sp³-hybridized carbons (Fsp3) is 0.188. The van der Waals surface area contributed by atoms with Gasteiger partial charge in [-0.25, -0.2) is 13.1 Å². The molecule has 7 nitrogen and oxygen atoms in total. The number of thiophene rings is 1. The highest BCUT2D eigenvalue weighted by Crippen LogP contribution is 2.39. The Morgan fingerprint density at radius 1 is 1.00 bits per heavy atom. The number of halogens is 2. The zero-order chi connectivity index (χ0) is 30.9. The van der Waals surface area contributed by atoms with Crippen LogP contribution in [-0.4, -0.2) is 19.5 Å². The Morgan fingerprint density at radius 2 is 1.70 bits per heavy atom. The van der Waals surface area contributed by atoms with Crippen molar-refractivity contribution in [1.82, 2.24) is 9.88 Å². The van der Waals surface area contributed by atoms with Crippen LogP contribution in [0.5, 0.6) is 5.75 Å². The number of hydrogen-bond acceptors (Lipinski definition) is 7. The van der Waals surface area contributed by atoms with Crippen LogP contribution < -0.4 is 9.46 Å². The van der Waals surface area contributed by atoms with Gasteiger partial charge in [0.1, 0.15) is 23.8 Å². The molecule has 0 aliphatic rings. The van der Waals surface area contributed by atoms with Gasteiger partial charge in [-0.2, -0.15) is 0 Å². The largest absolute Gasteiger partial charge is 0.489 e. The minimum Gasteiger partial charge on any atom is -0.489 e. The van der Waals surface area contributed by atoms with E-state index < -0.39 is 15.9 Å². The van der Waals surface area contributed by atoms with Gasteiger partial charge in [-0.05, 0) is 79.6 Å². The van der Waals surface area contributed by atoms with Gasteiger partial charge in [0.15, 0.2) is 0 Å². The highest BCUT2D eigenvalue weighted by Gasteiger charge is 2.24. The van der Waals surface area contributed by atoms with Gasteiger partial charge in [-0.15, -0.1) is 11.3 Å². The lowest BCUT2D eigenvalue weighted by molar-refractivity contribution is 0.0985. The highest BCUT2D eigenvalue weighted by atomic mass is 35.5. The van der Waals surface area contributed by atoms with Crippen molar-refractivity contribution >= 4 is 50.5 Å². The first kappa shape index (κ1) is 30.8. The molecule has 1 N–H and O–H groups in total. The fourth-order valence-electron chi connectivity index (χ4n) is 4.55. The van der Waals surface area contributed by atoms with Crippen molar-refractivity contribution in [2.24, 2.45) is 0 Å². The average molecular weight is 656 g/mol. The quantitative estimate of drug-likeness (QED) is 0.170. The van der Waals surface area contributed by atoms with Gasteiger partial charge in [0.25, 0.3) is 15.9 Å². The molecular weight excluding hydrogens is 627 g/mol. The van der Waals surface area contributed by atoms with Gasteiger partial charge >= 0.3 is 0 Å². The number of nitrogens with one attached hydrogen (secondary N) is 1. The monoisotopic (exact) mass is 654 g/mol. The maximum absolute atomic E-state index is 12.8. The minimum absolute atomic E-state index is 0.0310. The first-order chi connectivity index (χ1) is 20.4. The normalized spacial score (nSPS) is 11.6. The molecule has 0 saturated carbocycles. The Kier molecular flexibility index (Phi) is 8.99. The van der Waals surface area contributed by atoms with Crippen LogP contribution in [0.4, 0.5) is 0 Å². The average Bonchev–Trinajstić information content (AvgIpc) is 3.60. The summed E-state index contributed by atoms with van der Waals surface area (Å²) in [4.78, 5) is 13.9. The molecule has 0 fully saturated rings. The summed E-state index contributed by atoms with van der Waals surface area (Å²) in [5, 5.41) is 5.21. The lowest BCUT2D eigenvalue weighted by Crippen LogP contribution is -2.29. The lowest BCUT2D eigenvalue weighted by atomic mass is 10.0. The fourth-order valence-corrected chi connectivity index (χ4v) is 7.15. The number of rotatable bonds is 9. The topological polar surface area (TPSA) is 98.5 Å². The molecule has 0 unspecified atom stereocenters. The van der Waals surface area contributed by atoms with Crippen molar-refractivity contribution in [2.45, 2.75) is 45.1 Å². The van der Waals surface area contributed by atoms with Crippen LogP contribution >= 0.6 is 34.5 Å². The molecule has 5 aromatic rings. The van der Waals surface area contributed by atoms with E-state index in [1.165, 1.54) is 23.5 Å². The number of carbonyl (C=O) groups is 1. The number of hydrogen-bond donors (Lipinski definition) is 1. The molecule has 2 aromatic heterocycles. The molecule has 0 radical (unpaired) electrons. The Hall–Kier alpha value is -3.63. The second kappa shape index (κ2) is 12.5. The van der Waals surface area contributed by atoms with Crippen LogP contribution in [0, 0.1) is 13.8 Å². The zero-order valence-electron chi connectivity index (χ0n) is 23.8. The maximum Gasteiger partial charge on any atom is 0.275 e. The van der Waals surface area contributed by atoms with Crippen molar-refractivity contribution in [2.75, 3.05) is 0 Å². The zero-order valence-corrected chi connectivity index (χ0v) is 26.9. The number of sulfonamides is 1. The summed E-state index contributed by atoms with van der Waals surface area (Å²) in [6, 6.07) is 20.6.